The molecule has 1 saturated carbocycles. The molecule has 2 amide bonds. The summed E-state index contributed by atoms with van der Waals surface area (Å²) in [6, 6.07) is 10.1. The smallest absolute Gasteiger partial charge is 0.318 e. The van der Waals surface area contributed by atoms with Crippen LogP contribution < -0.4 is 20.1 Å². The number of aromatic amines is 1. The highest BCUT2D eigenvalue weighted by Crippen LogP contribution is 2.41. The molecule has 2 aliphatic rings. The molecule has 0 spiro atoms. The van der Waals surface area contributed by atoms with Gasteiger partial charge in [0, 0.05) is 35.1 Å². The molecule has 0 saturated heterocycles. The summed E-state index contributed by atoms with van der Waals surface area (Å²) in [5.74, 6) is 2.29. The molecule has 10 nitrogen and oxygen atoms in total. The zero-order valence-electron chi connectivity index (χ0n) is 19.0. The fraction of sp³-hybridized carbons (Fsp3) is 0.200. The highest BCUT2D eigenvalue weighted by molar-refractivity contribution is 6.16. The van der Waals surface area contributed by atoms with E-state index in [1.807, 2.05) is 18.2 Å². The number of amides is 2. The van der Waals surface area contributed by atoms with Crippen LogP contribution in [-0.4, -0.2) is 41.1 Å². The quantitative estimate of drug-likeness (QED) is 0.366. The number of allylic oxidation sites excluding steroid dienone is 1. The van der Waals surface area contributed by atoms with E-state index in [0.29, 0.717) is 51.6 Å². The molecule has 0 bridgehead atoms. The minimum absolute atomic E-state index is 0.143. The van der Waals surface area contributed by atoms with Crippen LogP contribution in [0.5, 0.6) is 11.5 Å². The molecule has 4 aromatic rings. The molecule has 0 unspecified atom stereocenters. The van der Waals surface area contributed by atoms with Crippen LogP contribution in [0.15, 0.2) is 46.7 Å². The van der Waals surface area contributed by atoms with Crippen molar-refractivity contribution in [1.82, 2.24) is 20.4 Å². The van der Waals surface area contributed by atoms with Gasteiger partial charge in [-0.1, -0.05) is 5.16 Å². The van der Waals surface area contributed by atoms with Gasteiger partial charge >= 0.3 is 6.03 Å². The monoisotopic (exact) mass is 471 g/mol. The number of H-pyrrole nitrogens is 1. The number of fused-ring (bicyclic) bond motifs is 2. The number of aromatic nitrogens is 3. The van der Waals surface area contributed by atoms with Gasteiger partial charge in [0.1, 0.15) is 17.2 Å². The lowest BCUT2D eigenvalue weighted by atomic mass is 10.1. The molecule has 2 aromatic heterocycles. The van der Waals surface area contributed by atoms with Crippen molar-refractivity contribution in [3.05, 3.63) is 59.1 Å². The molecule has 10 heteroatoms. The molecule has 0 atom stereocenters. The van der Waals surface area contributed by atoms with Crippen molar-refractivity contribution in [3.8, 4) is 23.1 Å². The molecule has 3 N–H and O–H groups in total. The Balaban J connectivity index is 1.43. The summed E-state index contributed by atoms with van der Waals surface area (Å²) in [6.45, 7) is 0. The predicted molar refractivity (Wildman–Crippen MR) is 128 cm³/mol. The second-order valence-corrected chi connectivity index (χ2v) is 8.41. The van der Waals surface area contributed by atoms with Crippen LogP contribution in [0.3, 0.4) is 0 Å². The average molecular weight is 471 g/mol. The number of carbonyl (C=O) groups is 2. The largest absolute Gasteiger partial charge is 0.497 e. The topological polar surface area (TPSA) is 131 Å². The molecule has 1 aliphatic heterocycles. The molecule has 1 aliphatic carbocycles. The van der Waals surface area contributed by atoms with Gasteiger partial charge in [0.05, 0.1) is 12.7 Å². The maximum atomic E-state index is 13.2. The first-order chi connectivity index (χ1) is 17.0. The fourth-order valence-corrected chi connectivity index (χ4v) is 4.07. The van der Waals surface area contributed by atoms with Crippen LogP contribution in [0.4, 0.5) is 10.5 Å². The van der Waals surface area contributed by atoms with Crippen molar-refractivity contribution >= 4 is 34.5 Å². The zero-order chi connectivity index (χ0) is 24.1. The Bertz CT molecular complexity index is 1530. The van der Waals surface area contributed by atoms with Gasteiger partial charge in [-0.05, 0) is 55.3 Å². The Morgan fingerprint density at radius 2 is 2.09 bits per heavy atom. The van der Waals surface area contributed by atoms with E-state index in [1.54, 1.807) is 31.4 Å². The van der Waals surface area contributed by atoms with E-state index in [1.165, 1.54) is 7.05 Å². The van der Waals surface area contributed by atoms with Crippen molar-refractivity contribution in [2.24, 2.45) is 0 Å². The zero-order valence-corrected chi connectivity index (χ0v) is 19.0. The molecule has 0 radical (unpaired) electrons. The molecule has 6 rings (SSSR count). The summed E-state index contributed by atoms with van der Waals surface area (Å²) < 4.78 is 16.9. The number of methoxy groups -OCH3 is 1. The number of Topliss-reactive ketones (excluding diaryl/α,β-unsaturated/α-hetero) is 1. The van der Waals surface area contributed by atoms with Crippen molar-refractivity contribution in [2.45, 2.75) is 18.8 Å². The first kappa shape index (κ1) is 21.0. The van der Waals surface area contributed by atoms with E-state index < -0.39 is 0 Å². The molecular formula is C25H21N5O5. The van der Waals surface area contributed by atoms with Gasteiger partial charge in [-0.25, -0.2) is 4.79 Å². The van der Waals surface area contributed by atoms with Crippen molar-refractivity contribution in [2.75, 3.05) is 19.5 Å². The van der Waals surface area contributed by atoms with Crippen molar-refractivity contribution in [3.63, 3.8) is 0 Å². The maximum Gasteiger partial charge on any atom is 0.318 e. The summed E-state index contributed by atoms with van der Waals surface area (Å²) in [7, 11) is 3.11. The Hall–Kier alpha value is -4.60. The van der Waals surface area contributed by atoms with Crippen LogP contribution in [0.2, 0.25) is 0 Å². The molecule has 2 aromatic carbocycles. The van der Waals surface area contributed by atoms with Gasteiger partial charge < -0.3 is 29.6 Å². The van der Waals surface area contributed by atoms with E-state index in [-0.39, 0.29) is 17.6 Å². The Morgan fingerprint density at radius 3 is 2.86 bits per heavy atom. The van der Waals surface area contributed by atoms with Crippen LogP contribution in [-0.2, 0) is 0 Å². The normalized spacial score (nSPS) is 15.8. The lowest BCUT2D eigenvalue weighted by Gasteiger charge is -2.04. The maximum absolute atomic E-state index is 13.2. The molecule has 3 heterocycles. The number of anilines is 1. The summed E-state index contributed by atoms with van der Waals surface area (Å²) in [6.07, 6.45) is 3.77. The Morgan fingerprint density at radius 1 is 1.23 bits per heavy atom. The van der Waals surface area contributed by atoms with Gasteiger partial charge in [0.2, 0.25) is 5.78 Å². The van der Waals surface area contributed by atoms with Gasteiger partial charge in [0.25, 0.3) is 5.89 Å². The number of carbonyl (C=O) groups excluding carboxylic acids is 2. The number of ether oxygens (including phenoxy) is 2. The van der Waals surface area contributed by atoms with Crippen molar-refractivity contribution in [1.29, 1.82) is 0 Å². The molecule has 35 heavy (non-hydrogen) atoms. The number of nitrogens with zero attached hydrogens (tertiary/aromatic N) is 2. The van der Waals surface area contributed by atoms with Gasteiger partial charge in [0.15, 0.2) is 11.6 Å². The van der Waals surface area contributed by atoms with E-state index in [4.69, 9.17) is 14.0 Å². The van der Waals surface area contributed by atoms with E-state index in [0.717, 1.165) is 23.7 Å². The molecule has 1 fully saturated rings. The minimum Gasteiger partial charge on any atom is -0.497 e. The predicted octanol–water partition coefficient (Wildman–Crippen LogP) is 4.47. The van der Waals surface area contributed by atoms with Gasteiger partial charge in [-0.15, -0.1) is 0 Å². The minimum atomic E-state index is -0.380. The number of nitrogens with one attached hydrogen (secondary N) is 3. The van der Waals surface area contributed by atoms with Crippen LogP contribution in [0.1, 0.15) is 40.5 Å². The summed E-state index contributed by atoms with van der Waals surface area (Å²) >= 11 is 0. The highest BCUT2D eigenvalue weighted by atomic mass is 16.5. The first-order valence-electron chi connectivity index (χ1n) is 11.1. The summed E-state index contributed by atoms with van der Waals surface area (Å²) in [5, 5.41) is 10.1. The number of urea groups is 1. The van der Waals surface area contributed by atoms with E-state index in [2.05, 4.69) is 25.8 Å². The first-order valence-corrected chi connectivity index (χ1v) is 11.1. The third kappa shape index (κ3) is 3.68. The molecule has 176 valence electrons. The number of ketones is 1. The fourth-order valence-electron chi connectivity index (χ4n) is 4.07. The third-order valence-electron chi connectivity index (χ3n) is 6.07. The Kier molecular flexibility index (Phi) is 4.80. The van der Waals surface area contributed by atoms with E-state index >= 15 is 0 Å². The van der Waals surface area contributed by atoms with Crippen molar-refractivity contribution < 1.29 is 23.6 Å². The lowest BCUT2D eigenvalue weighted by Crippen LogP contribution is -2.24. The summed E-state index contributed by atoms with van der Waals surface area (Å²) in [4.78, 5) is 32.8. The highest BCUT2D eigenvalue weighted by Gasteiger charge is 2.31. The standard InChI is InChI=1S/C25H21N5O5/c1-26-25(32)27-13-5-8-19-17(9-13)22(31)20(34-19)11-16-15-10-14(33-2)6-7-18(15)28-21(16)24-29-23(30-35-24)12-3-4-12/h5-12,28H,3-4H2,1-2H3,(H2,26,27,32). The van der Waals surface area contributed by atoms with Crippen LogP contribution in [0, 0.1) is 0 Å². The van der Waals surface area contributed by atoms with Crippen LogP contribution >= 0.6 is 0 Å². The van der Waals surface area contributed by atoms with Gasteiger partial charge in [-0.2, -0.15) is 4.98 Å². The second kappa shape index (κ2) is 8.01. The number of rotatable bonds is 5. The average Bonchev–Trinajstić information content (AvgIpc) is 3.38. The molecular weight excluding hydrogens is 450 g/mol. The Labute approximate surface area is 199 Å². The second-order valence-electron chi connectivity index (χ2n) is 8.41. The van der Waals surface area contributed by atoms with Gasteiger partial charge in [-0.3, -0.25) is 4.79 Å². The number of benzene rings is 2. The third-order valence-corrected chi connectivity index (χ3v) is 6.07. The summed E-state index contributed by atoms with van der Waals surface area (Å²) in [5.41, 5.74) is 2.92. The van der Waals surface area contributed by atoms with Crippen LogP contribution in [0.25, 0.3) is 28.6 Å². The lowest BCUT2D eigenvalue weighted by molar-refractivity contribution is 0.101. The number of hydrogen-bond donors (Lipinski definition) is 3. The van der Waals surface area contributed by atoms with E-state index in [9.17, 15) is 9.59 Å². The number of hydrogen-bond acceptors (Lipinski definition) is 7. The SMILES string of the molecule is CNC(=O)Nc1ccc2c(c1)C(=O)C(=Cc1c(-c3nc(C4CC4)no3)[nH]c3ccc(OC)cc13)O2.